The van der Waals surface area contributed by atoms with Crippen LogP contribution in [0.2, 0.25) is 0 Å². The number of benzene rings is 1. The summed E-state index contributed by atoms with van der Waals surface area (Å²) in [7, 11) is 0. The van der Waals surface area contributed by atoms with Crippen LogP contribution in [0.5, 0.6) is 0 Å². The number of nitrogens with one attached hydrogen (secondary N) is 1. The third kappa shape index (κ3) is 10.4. The number of hydrogen-bond acceptors (Lipinski definition) is 10. The highest BCUT2D eigenvalue weighted by atomic mass is 35.6. The Morgan fingerprint density at radius 2 is 1.56 bits per heavy atom. The zero-order chi connectivity index (χ0) is 26.9. The maximum atomic E-state index is 12.4. The highest BCUT2D eigenvalue weighted by Crippen LogP contribution is 2.29. The molecule has 36 heavy (non-hydrogen) atoms. The van der Waals surface area contributed by atoms with Gasteiger partial charge >= 0.3 is 24.0 Å². The maximum Gasteiger partial charge on any atom is 0.407 e. The molecule has 0 aliphatic carbocycles. The lowest BCUT2D eigenvalue weighted by Gasteiger charge is -2.44. The fraction of sp³-hybridized carbons (Fsp3) is 0.545. The molecule has 5 atom stereocenters. The molecule has 200 valence electrons. The van der Waals surface area contributed by atoms with Gasteiger partial charge < -0.3 is 33.7 Å². The topological polar surface area (TPSA) is 136 Å². The molecule has 1 heterocycles. The Labute approximate surface area is 222 Å². The SMILES string of the molecule is CC(=O)OC[C@H]1OC(OC(C)=O)[C@H](NC(=O)OCC(Cl)(Cl)Cl)[C@H](OC(C)=O)[C@@H]1OCc1ccccc1. The minimum absolute atomic E-state index is 0.0475. The molecule has 0 spiro atoms. The van der Waals surface area contributed by atoms with E-state index in [9.17, 15) is 19.2 Å². The van der Waals surface area contributed by atoms with Crippen LogP contribution in [0.25, 0.3) is 0 Å². The minimum atomic E-state index is -1.89. The number of hydrogen-bond donors (Lipinski definition) is 1. The number of carbonyl (C=O) groups excluding carboxylic acids is 4. The lowest BCUT2D eigenvalue weighted by atomic mass is 9.96. The molecule has 0 bridgehead atoms. The molecule has 1 aliphatic rings. The van der Waals surface area contributed by atoms with Crippen LogP contribution in [0.3, 0.4) is 0 Å². The first-order chi connectivity index (χ1) is 16.9. The zero-order valence-corrected chi connectivity index (χ0v) is 21.9. The summed E-state index contributed by atoms with van der Waals surface area (Å²) in [5.41, 5.74) is 0.777. The predicted molar refractivity (Wildman–Crippen MR) is 126 cm³/mol. The van der Waals surface area contributed by atoms with E-state index in [1.165, 1.54) is 6.92 Å². The van der Waals surface area contributed by atoms with Crippen molar-refractivity contribution in [3.63, 3.8) is 0 Å². The summed E-state index contributed by atoms with van der Waals surface area (Å²) in [5.74, 6) is -2.11. The zero-order valence-electron chi connectivity index (χ0n) is 19.6. The van der Waals surface area contributed by atoms with E-state index in [4.69, 9.17) is 63.2 Å². The van der Waals surface area contributed by atoms with Crippen LogP contribution in [0.15, 0.2) is 30.3 Å². The van der Waals surface area contributed by atoms with E-state index >= 15 is 0 Å². The van der Waals surface area contributed by atoms with Crippen molar-refractivity contribution in [1.82, 2.24) is 5.32 Å². The molecule has 1 aromatic carbocycles. The van der Waals surface area contributed by atoms with Crippen LogP contribution in [-0.2, 0) is 49.4 Å². The van der Waals surface area contributed by atoms with E-state index in [0.29, 0.717) is 0 Å². The van der Waals surface area contributed by atoms with E-state index in [1.54, 1.807) is 24.3 Å². The van der Waals surface area contributed by atoms with Gasteiger partial charge in [-0.2, -0.15) is 0 Å². The Balaban J connectivity index is 2.38. The number of rotatable bonds is 9. The van der Waals surface area contributed by atoms with E-state index in [2.05, 4.69) is 5.32 Å². The second-order valence-electron chi connectivity index (χ2n) is 7.65. The molecule has 2 rings (SSSR count). The molecular formula is C22H26Cl3NO10. The largest absolute Gasteiger partial charge is 0.463 e. The number of alkyl carbamates (subject to hydrolysis) is 1. The van der Waals surface area contributed by atoms with Crippen molar-refractivity contribution in [3.05, 3.63) is 35.9 Å². The number of alkyl halides is 3. The standard InChI is InChI=1S/C22H26Cl3NO10/c1-12(27)31-10-16-18(32-9-15-7-5-4-6-8-15)19(34-13(2)28)17(20(36-16)35-14(3)29)26-21(30)33-11-22(23,24)25/h4-8,16-20H,9-11H2,1-3H3,(H,26,30)/t16-,17-,18-,19+,20?/m1/s1. The van der Waals surface area contributed by atoms with Crippen LogP contribution in [0, 0.1) is 0 Å². The van der Waals surface area contributed by atoms with E-state index in [0.717, 1.165) is 19.4 Å². The Morgan fingerprint density at radius 3 is 2.11 bits per heavy atom. The first-order valence-corrected chi connectivity index (χ1v) is 11.8. The second-order valence-corrected chi connectivity index (χ2v) is 10.2. The van der Waals surface area contributed by atoms with Gasteiger partial charge in [0, 0.05) is 20.8 Å². The quantitative estimate of drug-likeness (QED) is 0.268. The minimum Gasteiger partial charge on any atom is -0.463 e. The van der Waals surface area contributed by atoms with Crippen molar-refractivity contribution in [1.29, 1.82) is 0 Å². The lowest BCUT2D eigenvalue weighted by molar-refractivity contribution is -0.275. The van der Waals surface area contributed by atoms with Crippen molar-refractivity contribution >= 4 is 58.8 Å². The number of esters is 3. The van der Waals surface area contributed by atoms with Crippen molar-refractivity contribution in [2.75, 3.05) is 13.2 Å². The molecule has 1 fully saturated rings. The van der Waals surface area contributed by atoms with Crippen LogP contribution >= 0.6 is 34.8 Å². The molecule has 0 radical (unpaired) electrons. The summed E-state index contributed by atoms with van der Waals surface area (Å²) in [6.07, 6.45) is -5.97. The first kappa shape index (κ1) is 29.9. The van der Waals surface area contributed by atoms with Crippen molar-refractivity contribution in [2.24, 2.45) is 0 Å². The molecule has 1 saturated heterocycles. The summed E-state index contributed by atoms with van der Waals surface area (Å²) < 4.78 is 30.6. The van der Waals surface area contributed by atoms with Crippen molar-refractivity contribution in [2.45, 2.75) is 61.8 Å². The van der Waals surface area contributed by atoms with Crippen LogP contribution in [0.1, 0.15) is 26.3 Å². The van der Waals surface area contributed by atoms with Gasteiger partial charge in [-0.25, -0.2) is 4.79 Å². The predicted octanol–water partition coefficient (Wildman–Crippen LogP) is 2.82. The number of amides is 1. The Kier molecular flexibility index (Phi) is 11.5. The van der Waals surface area contributed by atoms with Gasteiger partial charge in [0.1, 0.15) is 31.5 Å². The van der Waals surface area contributed by atoms with Gasteiger partial charge in [0.15, 0.2) is 6.10 Å². The van der Waals surface area contributed by atoms with Gasteiger partial charge in [-0.15, -0.1) is 0 Å². The molecule has 0 saturated carbocycles. The Hall–Kier alpha value is -2.31. The normalized spacial score (nSPS) is 23.8. The first-order valence-electron chi connectivity index (χ1n) is 10.6. The molecule has 1 amide bonds. The smallest absolute Gasteiger partial charge is 0.407 e. The van der Waals surface area contributed by atoms with E-state index < -0.39 is 65.0 Å². The summed E-state index contributed by atoms with van der Waals surface area (Å²) >= 11 is 16.9. The Bertz CT molecular complexity index is 911. The average molecular weight is 571 g/mol. The lowest BCUT2D eigenvalue weighted by Crippen LogP contribution is -2.66. The van der Waals surface area contributed by atoms with Crippen LogP contribution < -0.4 is 5.32 Å². The third-order valence-corrected chi connectivity index (χ3v) is 4.95. The van der Waals surface area contributed by atoms with Gasteiger partial charge in [0.05, 0.1) is 6.61 Å². The van der Waals surface area contributed by atoms with Gasteiger partial charge in [-0.05, 0) is 5.56 Å². The van der Waals surface area contributed by atoms with Crippen LogP contribution in [-0.4, -0.2) is 71.7 Å². The molecule has 14 heteroatoms. The highest BCUT2D eigenvalue weighted by molar-refractivity contribution is 6.67. The average Bonchev–Trinajstić information content (AvgIpc) is 2.77. The third-order valence-electron chi connectivity index (χ3n) is 4.62. The molecule has 1 unspecified atom stereocenters. The van der Waals surface area contributed by atoms with Gasteiger partial charge in [0.25, 0.3) is 0 Å². The summed E-state index contributed by atoms with van der Waals surface area (Å²) in [4.78, 5) is 47.7. The van der Waals surface area contributed by atoms with Crippen LogP contribution in [0.4, 0.5) is 4.79 Å². The van der Waals surface area contributed by atoms with E-state index in [-0.39, 0.29) is 13.2 Å². The van der Waals surface area contributed by atoms with Crippen molar-refractivity contribution < 1.29 is 47.6 Å². The molecule has 0 aromatic heterocycles. The number of ether oxygens (including phenoxy) is 6. The Morgan fingerprint density at radius 1 is 0.917 bits per heavy atom. The molecule has 1 N–H and O–H groups in total. The van der Waals surface area contributed by atoms with Gasteiger partial charge in [-0.3, -0.25) is 14.4 Å². The highest BCUT2D eigenvalue weighted by Gasteiger charge is 2.51. The number of carbonyl (C=O) groups is 4. The summed E-state index contributed by atoms with van der Waals surface area (Å²) in [5, 5.41) is 2.41. The van der Waals surface area contributed by atoms with Gasteiger partial charge in [0.2, 0.25) is 10.1 Å². The second kappa shape index (κ2) is 13.8. The monoisotopic (exact) mass is 569 g/mol. The fourth-order valence-corrected chi connectivity index (χ4v) is 3.44. The molecule has 1 aromatic rings. The number of halogens is 3. The molecule has 11 nitrogen and oxygen atoms in total. The molecular weight excluding hydrogens is 545 g/mol. The fourth-order valence-electron chi connectivity index (χ4n) is 3.28. The van der Waals surface area contributed by atoms with Gasteiger partial charge in [-0.1, -0.05) is 65.1 Å². The molecule has 1 aliphatic heterocycles. The summed E-state index contributed by atoms with van der Waals surface area (Å²) in [6, 6.07) is 7.73. The van der Waals surface area contributed by atoms with E-state index in [1.807, 2.05) is 6.07 Å². The van der Waals surface area contributed by atoms with Crippen molar-refractivity contribution in [3.8, 4) is 0 Å². The summed E-state index contributed by atoms with van der Waals surface area (Å²) in [6.45, 7) is 2.57. The maximum absolute atomic E-state index is 12.4.